The molecule has 0 fully saturated rings. The van der Waals surface area contributed by atoms with Crippen molar-refractivity contribution in [3.63, 3.8) is 0 Å². The van der Waals surface area contributed by atoms with Gasteiger partial charge < -0.3 is 5.32 Å². The first-order chi connectivity index (χ1) is 7.91. The van der Waals surface area contributed by atoms with Gasteiger partial charge in [0.25, 0.3) is 0 Å². The van der Waals surface area contributed by atoms with Gasteiger partial charge in [-0.05, 0) is 31.5 Å². The van der Waals surface area contributed by atoms with E-state index in [1.807, 2.05) is 13.8 Å². The van der Waals surface area contributed by atoms with Gasteiger partial charge in [0.15, 0.2) is 0 Å². The first kappa shape index (κ1) is 14.6. The number of halogens is 2. The van der Waals surface area contributed by atoms with Crippen LogP contribution in [-0.2, 0) is 10.8 Å². The molecule has 0 saturated heterocycles. The Bertz CT molecular complexity index is 413. The smallest absolute Gasteiger partial charge is 0.141 e. The predicted octanol–water partition coefficient (Wildman–Crippen LogP) is 2.90. The van der Waals surface area contributed by atoms with Crippen LogP contribution in [-0.4, -0.2) is 22.3 Å². The van der Waals surface area contributed by atoms with Crippen LogP contribution in [0, 0.1) is 5.82 Å². The second kappa shape index (κ2) is 6.47. The third-order valence-corrected chi connectivity index (χ3v) is 4.31. The number of hydrogen-bond donors (Lipinski definition) is 1. The quantitative estimate of drug-likeness (QED) is 0.897. The van der Waals surface area contributed by atoms with Crippen molar-refractivity contribution in [2.45, 2.75) is 25.1 Å². The highest BCUT2D eigenvalue weighted by molar-refractivity contribution is 7.84. The molecule has 3 atom stereocenters. The van der Waals surface area contributed by atoms with E-state index >= 15 is 0 Å². The van der Waals surface area contributed by atoms with E-state index in [1.165, 1.54) is 6.07 Å². The van der Waals surface area contributed by atoms with Crippen LogP contribution in [0.1, 0.15) is 25.5 Å². The molecular formula is C12H17ClFNOS. The molecule has 3 unspecified atom stereocenters. The van der Waals surface area contributed by atoms with Gasteiger partial charge in [-0.15, -0.1) is 0 Å². The number of nitrogens with one attached hydrogen (secondary N) is 1. The largest absolute Gasteiger partial charge is 0.309 e. The van der Waals surface area contributed by atoms with Crippen molar-refractivity contribution in [3.05, 3.63) is 34.6 Å². The van der Waals surface area contributed by atoms with Crippen LogP contribution in [0.25, 0.3) is 0 Å². The minimum atomic E-state index is -0.840. The Morgan fingerprint density at radius 3 is 2.65 bits per heavy atom. The van der Waals surface area contributed by atoms with Crippen LogP contribution >= 0.6 is 11.6 Å². The summed E-state index contributed by atoms with van der Waals surface area (Å²) in [6.07, 6.45) is 1.69. The first-order valence-corrected chi connectivity index (χ1v) is 7.42. The molecule has 2 nitrogen and oxygen atoms in total. The van der Waals surface area contributed by atoms with Gasteiger partial charge in [-0.2, -0.15) is 0 Å². The molecule has 0 saturated carbocycles. The van der Waals surface area contributed by atoms with Crippen molar-refractivity contribution in [1.29, 1.82) is 0 Å². The molecule has 17 heavy (non-hydrogen) atoms. The van der Waals surface area contributed by atoms with Crippen LogP contribution in [0.4, 0.5) is 4.39 Å². The fourth-order valence-corrected chi connectivity index (χ4v) is 1.88. The lowest BCUT2D eigenvalue weighted by Gasteiger charge is -2.17. The van der Waals surface area contributed by atoms with Gasteiger partial charge in [0.05, 0.1) is 5.02 Å². The number of rotatable bonds is 5. The van der Waals surface area contributed by atoms with Crippen molar-refractivity contribution in [3.8, 4) is 0 Å². The molecule has 0 spiro atoms. The molecule has 0 heterocycles. The van der Waals surface area contributed by atoms with Crippen LogP contribution in [0.2, 0.25) is 5.02 Å². The van der Waals surface area contributed by atoms with Crippen molar-refractivity contribution >= 4 is 22.4 Å². The highest BCUT2D eigenvalue weighted by Crippen LogP contribution is 2.20. The summed E-state index contributed by atoms with van der Waals surface area (Å²) in [7, 11) is -0.840. The Balaban J connectivity index is 2.60. The molecule has 1 aromatic rings. The maximum Gasteiger partial charge on any atom is 0.141 e. The van der Waals surface area contributed by atoms with E-state index in [1.54, 1.807) is 18.4 Å². The maximum absolute atomic E-state index is 13.0. The van der Waals surface area contributed by atoms with Gasteiger partial charge in [0.2, 0.25) is 0 Å². The predicted molar refractivity (Wildman–Crippen MR) is 71.4 cm³/mol. The summed E-state index contributed by atoms with van der Waals surface area (Å²) in [6, 6.07) is 4.73. The fraction of sp³-hybridized carbons (Fsp3) is 0.500. The lowest BCUT2D eigenvalue weighted by molar-refractivity contribution is 0.566. The van der Waals surface area contributed by atoms with Gasteiger partial charge in [-0.25, -0.2) is 4.39 Å². The minimum absolute atomic E-state index is 0.0547. The van der Waals surface area contributed by atoms with E-state index in [9.17, 15) is 8.60 Å². The van der Waals surface area contributed by atoms with Crippen LogP contribution < -0.4 is 5.32 Å². The summed E-state index contributed by atoms with van der Waals surface area (Å²) >= 11 is 5.72. The highest BCUT2D eigenvalue weighted by Gasteiger charge is 2.11. The van der Waals surface area contributed by atoms with Gasteiger partial charge in [0.1, 0.15) is 5.82 Å². The fourth-order valence-electron chi connectivity index (χ4n) is 1.36. The SMILES string of the molecule is CC(NCC(C)S(C)=O)c1ccc(F)c(Cl)c1. The normalized spacial score (nSPS) is 16.5. The summed E-state index contributed by atoms with van der Waals surface area (Å²) in [5, 5.41) is 3.47. The molecule has 0 amide bonds. The second-order valence-corrected chi connectivity index (χ2v) is 6.32. The molecule has 0 aliphatic heterocycles. The third-order valence-electron chi connectivity index (χ3n) is 2.72. The van der Waals surface area contributed by atoms with E-state index in [2.05, 4.69) is 5.32 Å². The van der Waals surface area contributed by atoms with Crippen LogP contribution in [0.15, 0.2) is 18.2 Å². The standard InChI is InChI=1S/C12H17ClFNOS/c1-8(17(3)16)7-15-9(2)10-4-5-12(14)11(13)6-10/h4-6,8-9,15H,7H2,1-3H3. The second-order valence-electron chi connectivity index (χ2n) is 4.11. The molecule has 5 heteroatoms. The Kier molecular flexibility index (Phi) is 5.56. The van der Waals surface area contributed by atoms with Gasteiger partial charge in [-0.3, -0.25) is 4.21 Å². The zero-order valence-electron chi connectivity index (χ0n) is 10.2. The lowest BCUT2D eigenvalue weighted by Crippen LogP contribution is -2.29. The number of benzene rings is 1. The van der Waals surface area contributed by atoms with Gasteiger partial charge in [0, 0.05) is 34.9 Å². The average Bonchev–Trinajstić information content (AvgIpc) is 2.28. The molecule has 96 valence electrons. The topological polar surface area (TPSA) is 29.1 Å². The zero-order valence-corrected chi connectivity index (χ0v) is 11.7. The van der Waals surface area contributed by atoms with E-state index < -0.39 is 16.6 Å². The molecule has 1 N–H and O–H groups in total. The van der Waals surface area contributed by atoms with Crippen molar-refractivity contribution < 1.29 is 8.60 Å². The highest BCUT2D eigenvalue weighted by atomic mass is 35.5. The number of hydrogen-bond acceptors (Lipinski definition) is 2. The molecule has 0 aliphatic carbocycles. The minimum Gasteiger partial charge on any atom is -0.309 e. The summed E-state index contributed by atoms with van der Waals surface area (Å²) in [4.78, 5) is 0. The summed E-state index contributed by atoms with van der Waals surface area (Å²) in [5.41, 5.74) is 0.922. The molecule has 1 rings (SSSR count). The Morgan fingerprint density at radius 2 is 2.12 bits per heavy atom. The van der Waals surface area contributed by atoms with E-state index in [-0.39, 0.29) is 16.3 Å². The summed E-state index contributed by atoms with van der Waals surface area (Å²) in [6.45, 7) is 4.54. The van der Waals surface area contributed by atoms with E-state index in [0.29, 0.717) is 6.54 Å². The summed E-state index contributed by atoms with van der Waals surface area (Å²) < 4.78 is 24.2. The van der Waals surface area contributed by atoms with Crippen molar-refractivity contribution in [2.75, 3.05) is 12.8 Å². The molecule has 0 aliphatic rings. The zero-order chi connectivity index (χ0) is 13.0. The monoisotopic (exact) mass is 277 g/mol. The van der Waals surface area contributed by atoms with Crippen molar-refractivity contribution in [2.24, 2.45) is 0 Å². The summed E-state index contributed by atoms with van der Waals surface area (Å²) in [5.74, 6) is -0.411. The Hall–Kier alpha value is -0.450. The Morgan fingerprint density at radius 1 is 1.47 bits per heavy atom. The van der Waals surface area contributed by atoms with Crippen LogP contribution in [0.3, 0.4) is 0 Å². The molecule has 0 bridgehead atoms. The maximum atomic E-state index is 13.0. The molecule has 1 aromatic carbocycles. The van der Waals surface area contributed by atoms with E-state index in [0.717, 1.165) is 5.56 Å². The lowest BCUT2D eigenvalue weighted by atomic mass is 10.1. The first-order valence-electron chi connectivity index (χ1n) is 5.42. The third kappa shape index (κ3) is 4.37. The molecule has 0 radical (unpaired) electrons. The average molecular weight is 278 g/mol. The van der Waals surface area contributed by atoms with Gasteiger partial charge in [-0.1, -0.05) is 17.7 Å². The Labute approximate surface area is 109 Å². The van der Waals surface area contributed by atoms with Crippen LogP contribution in [0.5, 0.6) is 0 Å². The molecule has 0 aromatic heterocycles. The van der Waals surface area contributed by atoms with E-state index in [4.69, 9.17) is 11.6 Å². The van der Waals surface area contributed by atoms with Gasteiger partial charge >= 0.3 is 0 Å². The van der Waals surface area contributed by atoms with Crippen molar-refractivity contribution in [1.82, 2.24) is 5.32 Å². The molecular weight excluding hydrogens is 261 g/mol.